The fraction of sp³-hybridized carbons (Fsp3) is 0.385. The number of ketones is 1. The van der Waals surface area contributed by atoms with Gasteiger partial charge in [0.1, 0.15) is 11.5 Å². The number of Topliss-reactive ketones (excluding diaryl/α,β-unsaturated/α-hetero) is 1. The SMILES string of the molecule is Cc1ccc(C2(C#N)CC(=O)C2)cc1OC(F)F. The Morgan fingerprint density at radius 2 is 2.11 bits per heavy atom. The molecular weight excluding hydrogens is 240 g/mol. The van der Waals surface area contributed by atoms with E-state index in [2.05, 4.69) is 10.8 Å². The smallest absolute Gasteiger partial charge is 0.387 e. The first kappa shape index (κ1) is 12.5. The van der Waals surface area contributed by atoms with E-state index in [1.807, 2.05) is 0 Å². The molecule has 1 aromatic carbocycles. The van der Waals surface area contributed by atoms with Gasteiger partial charge < -0.3 is 4.74 Å². The average Bonchev–Trinajstić information content (AvgIpc) is 2.27. The minimum atomic E-state index is -2.90. The maximum absolute atomic E-state index is 12.2. The standard InChI is InChI=1S/C13H11F2NO2/c1-8-2-3-9(4-11(8)18-12(14)15)13(7-16)5-10(17)6-13/h2-4,12H,5-6H2,1H3. The Hall–Kier alpha value is -1.96. The fourth-order valence-electron chi connectivity index (χ4n) is 2.09. The van der Waals surface area contributed by atoms with Crippen molar-refractivity contribution in [1.29, 1.82) is 5.26 Å². The van der Waals surface area contributed by atoms with Crippen LogP contribution in [0.25, 0.3) is 0 Å². The van der Waals surface area contributed by atoms with E-state index in [4.69, 9.17) is 5.26 Å². The lowest BCUT2D eigenvalue weighted by Gasteiger charge is -2.34. The Morgan fingerprint density at radius 1 is 1.44 bits per heavy atom. The quantitative estimate of drug-likeness (QED) is 0.829. The second-order valence-corrected chi connectivity index (χ2v) is 4.44. The lowest BCUT2D eigenvalue weighted by molar-refractivity contribution is -0.126. The molecule has 0 spiro atoms. The van der Waals surface area contributed by atoms with E-state index < -0.39 is 12.0 Å². The Bertz CT molecular complexity index is 526. The van der Waals surface area contributed by atoms with Gasteiger partial charge in [-0.05, 0) is 24.1 Å². The van der Waals surface area contributed by atoms with E-state index >= 15 is 0 Å². The molecule has 0 N–H and O–H groups in total. The molecule has 0 atom stereocenters. The van der Waals surface area contributed by atoms with Gasteiger partial charge in [0.2, 0.25) is 0 Å². The number of carbonyl (C=O) groups is 1. The van der Waals surface area contributed by atoms with E-state index in [1.54, 1.807) is 19.1 Å². The Kier molecular flexibility index (Phi) is 3.04. The Balaban J connectivity index is 2.35. The summed E-state index contributed by atoms with van der Waals surface area (Å²) >= 11 is 0. The molecule has 0 heterocycles. The number of aryl methyl sites for hydroxylation is 1. The van der Waals surface area contributed by atoms with Crippen LogP contribution in [-0.4, -0.2) is 12.4 Å². The first-order valence-corrected chi connectivity index (χ1v) is 5.46. The molecule has 18 heavy (non-hydrogen) atoms. The van der Waals surface area contributed by atoms with Crippen LogP contribution >= 0.6 is 0 Å². The fourth-order valence-corrected chi connectivity index (χ4v) is 2.09. The van der Waals surface area contributed by atoms with Crippen LogP contribution in [0.15, 0.2) is 18.2 Å². The number of hydrogen-bond donors (Lipinski definition) is 0. The molecule has 1 aromatic rings. The molecule has 1 aliphatic carbocycles. The average molecular weight is 251 g/mol. The lowest BCUT2D eigenvalue weighted by atomic mass is 9.64. The summed E-state index contributed by atoms with van der Waals surface area (Å²) in [5.41, 5.74) is 0.258. The van der Waals surface area contributed by atoms with Crippen molar-refractivity contribution >= 4 is 5.78 Å². The van der Waals surface area contributed by atoms with E-state index in [9.17, 15) is 13.6 Å². The summed E-state index contributed by atoms with van der Waals surface area (Å²) in [4.78, 5) is 11.1. The molecular formula is C13H11F2NO2. The number of rotatable bonds is 3. The predicted octanol–water partition coefficient (Wildman–Crippen LogP) is 2.72. The van der Waals surface area contributed by atoms with E-state index in [1.165, 1.54) is 6.07 Å². The van der Waals surface area contributed by atoms with Gasteiger partial charge in [0.15, 0.2) is 0 Å². The number of halogens is 2. The monoisotopic (exact) mass is 251 g/mol. The van der Waals surface area contributed by atoms with Crippen molar-refractivity contribution in [2.24, 2.45) is 0 Å². The summed E-state index contributed by atoms with van der Waals surface area (Å²) in [6.45, 7) is -1.26. The van der Waals surface area contributed by atoms with Crippen LogP contribution in [0.1, 0.15) is 24.0 Å². The highest BCUT2D eigenvalue weighted by atomic mass is 19.3. The van der Waals surface area contributed by atoms with Gasteiger partial charge in [0.05, 0.1) is 11.5 Å². The Labute approximate surface area is 103 Å². The van der Waals surface area contributed by atoms with Gasteiger partial charge in [-0.25, -0.2) is 0 Å². The third kappa shape index (κ3) is 2.06. The molecule has 0 aliphatic heterocycles. The van der Waals surface area contributed by atoms with E-state index in [-0.39, 0.29) is 24.4 Å². The van der Waals surface area contributed by atoms with Crippen LogP contribution in [0.4, 0.5) is 8.78 Å². The number of benzene rings is 1. The van der Waals surface area contributed by atoms with Gasteiger partial charge in [-0.1, -0.05) is 12.1 Å². The maximum atomic E-state index is 12.2. The van der Waals surface area contributed by atoms with Crippen LogP contribution in [-0.2, 0) is 10.2 Å². The predicted molar refractivity (Wildman–Crippen MR) is 59.3 cm³/mol. The largest absolute Gasteiger partial charge is 0.435 e. The van der Waals surface area contributed by atoms with Gasteiger partial charge in [-0.3, -0.25) is 4.79 Å². The number of nitriles is 1. The molecule has 2 rings (SSSR count). The molecule has 0 aromatic heterocycles. The molecule has 0 amide bonds. The minimum Gasteiger partial charge on any atom is -0.435 e. The highest BCUT2D eigenvalue weighted by molar-refractivity contribution is 5.90. The molecule has 0 saturated heterocycles. The zero-order chi connectivity index (χ0) is 13.3. The number of hydrogen-bond acceptors (Lipinski definition) is 3. The summed E-state index contributed by atoms with van der Waals surface area (Å²) in [7, 11) is 0. The molecule has 1 saturated carbocycles. The van der Waals surface area contributed by atoms with Gasteiger partial charge in [0.25, 0.3) is 0 Å². The summed E-state index contributed by atoms with van der Waals surface area (Å²) in [6.07, 6.45) is 0.279. The number of carbonyl (C=O) groups excluding carboxylic acids is 1. The third-order valence-electron chi connectivity index (χ3n) is 3.17. The normalized spacial score (nSPS) is 17.2. The van der Waals surface area contributed by atoms with Crippen molar-refractivity contribution in [3.05, 3.63) is 29.3 Å². The molecule has 3 nitrogen and oxygen atoms in total. The molecule has 0 bridgehead atoms. The van der Waals surface area contributed by atoms with Crippen molar-refractivity contribution in [2.45, 2.75) is 31.8 Å². The highest BCUT2D eigenvalue weighted by Crippen LogP contribution is 2.42. The molecule has 0 radical (unpaired) electrons. The molecule has 5 heteroatoms. The summed E-state index contributed by atoms with van der Waals surface area (Å²) in [5.74, 6) is 0.0601. The van der Waals surface area contributed by atoms with E-state index in [0.29, 0.717) is 11.1 Å². The zero-order valence-corrected chi connectivity index (χ0v) is 9.74. The first-order chi connectivity index (χ1) is 8.47. The van der Waals surface area contributed by atoms with Crippen molar-refractivity contribution < 1.29 is 18.3 Å². The summed E-state index contributed by atoms with van der Waals surface area (Å²) < 4.78 is 28.8. The number of alkyl halides is 2. The summed E-state index contributed by atoms with van der Waals surface area (Å²) in [5, 5.41) is 9.16. The van der Waals surface area contributed by atoms with Gasteiger partial charge in [0, 0.05) is 12.8 Å². The van der Waals surface area contributed by atoms with E-state index in [0.717, 1.165) is 0 Å². The van der Waals surface area contributed by atoms with Gasteiger partial charge in [-0.2, -0.15) is 14.0 Å². The summed E-state index contributed by atoms with van der Waals surface area (Å²) in [6, 6.07) is 6.83. The highest BCUT2D eigenvalue weighted by Gasteiger charge is 2.45. The Morgan fingerprint density at radius 3 is 2.61 bits per heavy atom. The minimum absolute atomic E-state index is 0.00783. The van der Waals surface area contributed by atoms with Crippen LogP contribution < -0.4 is 4.74 Å². The molecule has 1 aliphatic rings. The van der Waals surface area contributed by atoms with Crippen molar-refractivity contribution in [3.8, 4) is 11.8 Å². The molecule has 1 fully saturated rings. The van der Waals surface area contributed by atoms with Crippen LogP contribution in [0.2, 0.25) is 0 Å². The van der Waals surface area contributed by atoms with Crippen molar-refractivity contribution in [1.82, 2.24) is 0 Å². The number of ether oxygens (including phenoxy) is 1. The lowest BCUT2D eigenvalue weighted by Crippen LogP contribution is -2.40. The third-order valence-corrected chi connectivity index (χ3v) is 3.17. The van der Waals surface area contributed by atoms with Gasteiger partial charge in [-0.15, -0.1) is 0 Å². The van der Waals surface area contributed by atoms with Crippen LogP contribution in [0.5, 0.6) is 5.75 Å². The molecule has 94 valence electrons. The first-order valence-electron chi connectivity index (χ1n) is 5.46. The van der Waals surface area contributed by atoms with Crippen molar-refractivity contribution in [3.63, 3.8) is 0 Å². The van der Waals surface area contributed by atoms with Crippen molar-refractivity contribution in [2.75, 3.05) is 0 Å². The maximum Gasteiger partial charge on any atom is 0.387 e. The molecule has 0 unspecified atom stereocenters. The zero-order valence-electron chi connectivity index (χ0n) is 9.74. The van der Waals surface area contributed by atoms with Gasteiger partial charge >= 0.3 is 6.61 Å². The topological polar surface area (TPSA) is 50.1 Å². The second kappa shape index (κ2) is 4.37. The second-order valence-electron chi connectivity index (χ2n) is 4.44. The van der Waals surface area contributed by atoms with Crippen LogP contribution in [0.3, 0.4) is 0 Å². The number of nitrogens with zero attached hydrogens (tertiary/aromatic N) is 1. The van der Waals surface area contributed by atoms with Crippen LogP contribution in [0, 0.1) is 18.3 Å².